The van der Waals surface area contributed by atoms with Gasteiger partial charge in [-0.05, 0) is 54.4 Å². The number of aromatic nitrogens is 1. The Morgan fingerprint density at radius 2 is 1.88 bits per heavy atom. The second-order valence-corrected chi connectivity index (χ2v) is 7.61. The van der Waals surface area contributed by atoms with Crippen LogP contribution in [-0.4, -0.2) is 33.9 Å². The molecule has 1 unspecified atom stereocenters. The highest BCUT2D eigenvalue weighted by molar-refractivity contribution is 6.46. The average Bonchev–Trinajstić information content (AvgIpc) is 3.04. The van der Waals surface area contributed by atoms with Gasteiger partial charge in [-0.2, -0.15) is 0 Å². The number of methoxy groups -OCH3 is 1. The van der Waals surface area contributed by atoms with Gasteiger partial charge in [-0.1, -0.05) is 12.1 Å². The Morgan fingerprint density at radius 3 is 2.50 bits per heavy atom. The number of carbonyl (C=O) groups is 2. The molecule has 3 aromatic rings. The number of phenols is 1. The zero-order valence-corrected chi connectivity index (χ0v) is 17.7. The van der Waals surface area contributed by atoms with Crippen molar-refractivity contribution in [2.24, 2.45) is 0 Å². The third-order valence-electron chi connectivity index (χ3n) is 5.56. The van der Waals surface area contributed by atoms with Gasteiger partial charge in [0.1, 0.15) is 17.3 Å². The number of nitrogens with zero attached hydrogens (tertiary/aromatic N) is 1. The maximum absolute atomic E-state index is 13.1. The number of ether oxygens (including phenoxy) is 1. The van der Waals surface area contributed by atoms with Gasteiger partial charge < -0.3 is 19.8 Å². The molecule has 2 heterocycles. The molecular formula is C25H23N2O5+. The molecule has 7 nitrogen and oxygen atoms in total. The number of aryl methyl sites for hydroxylation is 1. The van der Waals surface area contributed by atoms with Crippen LogP contribution in [0, 0.1) is 6.92 Å². The quantitative estimate of drug-likeness (QED) is 0.367. The number of ketones is 1. The van der Waals surface area contributed by atoms with E-state index in [0.717, 1.165) is 5.56 Å². The second kappa shape index (κ2) is 8.55. The van der Waals surface area contributed by atoms with Crippen molar-refractivity contribution < 1.29 is 29.5 Å². The molecule has 0 saturated carbocycles. The van der Waals surface area contributed by atoms with Crippen LogP contribution in [0.2, 0.25) is 0 Å². The van der Waals surface area contributed by atoms with E-state index in [2.05, 4.69) is 4.98 Å². The summed E-state index contributed by atoms with van der Waals surface area (Å²) in [7, 11) is 1.55. The van der Waals surface area contributed by atoms with Crippen molar-refractivity contribution in [1.29, 1.82) is 0 Å². The second-order valence-electron chi connectivity index (χ2n) is 7.61. The van der Waals surface area contributed by atoms with Crippen molar-refractivity contribution in [3.8, 4) is 11.5 Å². The number of likely N-dealkylation sites (tertiary alicyclic amines) is 1. The van der Waals surface area contributed by atoms with Crippen LogP contribution < -0.4 is 9.72 Å². The molecule has 4 rings (SSSR count). The minimum atomic E-state index is -0.808. The predicted octanol–water partition coefficient (Wildman–Crippen LogP) is 3.15. The van der Waals surface area contributed by atoms with E-state index in [4.69, 9.17) is 4.74 Å². The number of carbonyl (C=O) groups excluding carboxylic acids is 2. The first kappa shape index (κ1) is 21.1. The number of pyridine rings is 1. The van der Waals surface area contributed by atoms with Crippen LogP contribution in [0.15, 0.2) is 72.6 Å². The molecule has 0 radical (unpaired) electrons. The van der Waals surface area contributed by atoms with Gasteiger partial charge in [0.15, 0.2) is 12.4 Å². The number of benzene rings is 2. The summed E-state index contributed by atoms with van der Waals surface area (Å²) in [6.07, 6.45) is 3.50. The summed E-state index contributed by atoms with van der Waals surface area (Å²) in [4.78, 5) is 30.6. The summed E-state index contributed by atoms with van der Waals surface area (Å²) in [5.74, 6) is -1.01. The normalized spacial score (nSPS) is 17.6. The van der Waals surface area contributed by atoms with Gasteiger partial charge in [0.2, 0.25) is 0 Å². The lowest BCUT2D eigenvalue weighted by molar-refractivity contribution is -0.378. The zero-order chi connectivity index (χ0) is 22.8. The van der Waals surface area contributed by atoms with Crippen LogP contribution in [0.5, 0.6) is 11.5 Å². The molecule has 1 aliphatic heterocycles. The Kier molecular flexibility index (Phi) is 5.64. The maximum Gasteiger partial charge on any atom is 0.295 e. The van der Waals surface area contributed by atoms with Crippen molar-refractivity contribution in [3.05, 3.63) is 94.8 Å². The molecule has 7 heteroatoms. The van der Waals surface area contributed by atoms with Crippen molar-refractivity contribution >= 4 is 17.4 Å². The van der Waals surface area contributed by atoms with E-state index in [1.54, 1.807) is 56.8 Å². The number of rotatable bonds is 5. The number of hydrogen-bond donors (Lipinski definition) is 2. The molecule has 0 spiro atoms. The van der Waals surface area contributed by atoms with Crippen LogP contribution in [0.25, 0.3) is 5.76 Å². The van der Waals surface area contributed by atoms with Crippen LogP contribution in [0.3, 0.4) is 0 Å². The van der Waals surface area contributed by atoms with Gasteiger partial charge in [0.25, 0.3) is 11.7 Å². The lowest BCUT2D eigenvalue weighted by Gasteiger charge is -2.25. The summed E-state index contributed by atoms with van der Waals surface area (Å²) in [6.45, 7) is 1.97. The molecule has 2 aromatic carbocycles. The van der Waals surface area contributed by atoms with Gasteiger partial charge in [-0.3, -0.25) is 9.59 Å². The van der Waals surface area contributed by atoms with Gasteiger partial charge in [0.05, 0.1) is 25.3 Å². The lowest BCUT2D eigenvalue weighted by atomic mass is 9.93. The standard InChI is InChI=1S/C25H22N2O5/c1-15-12-19(32-2)9-10-20(15)23(29)21-22(17-5-7-18(28)8-6-17)27(25(31)24(21)30)14-16-4-3-11-26-13-16/h3-13,22,28-29H,14H2,1-2H3/p+1. The van der Waals surface area contributed by atoms with Gasteiger partial charge >= 0.3 is 0 Å². The number of aliphatic hydroxyl groups excluding tert-OH is 1. The minimum Gasteiger partial charge on any atom is -0.508 e. The smallest absolute Gasteiger partial charge is 0.295 e. The van der Waals surface area contributed by atoms with E-state index in [9.17, 15) is 19.8 Å². The third-order valence-corrected chi connectivity index (χ3v) is 5.56. The topological polar surface area (TPSA) is 101 Å². The van der Waals surface area contributed by atoms with E-state index in [-0.39, 0.29) is 23.6 Å². The summed E-state index contributed by atoms with van der Waals surface area (Å²) in [6, 6.07) is 14.2. The Labute approximate surface area is 185 Å². The van der Waals surface area contributed by atoms with Crippen LogP contribution in [0.1, 0.15) is 28.3 Å². The van der Waals surface area contributed by atoms with Gasteiger partial charge in [-0.15, -0.1) is 0 Å². The number of aromatic amines is 1. The molecule has 32 heavy (non-hydrogen) atoms. The summed E-state index contributed by atoms with van der Waals surface area (Å²) in [5, 5.41) is 20.9. The van der Waals surface area contributed by atoms with E-state index in [1.807, 2.05) is 12.1 Å². The Hall–Kier alpha value is -4.13. The number of hydrogen-bond acceptors (Lipinski definition) is 5. The average molecular weight is 431 g/mol. The molecule has 0 bridgehead atoms. The highest BCUT2D eigenvalue weighted by Crippen LogP contribution is 2.41. The molecule has 0 aliphatic carbocycles. The number of aromatic hydroxyl groups is 1. The van der Waals surface area contributed by atoms with Crippen LogP contribution in [0.4, 0.5) is 0 Å². The summed E-state index contributed by atoms with van der Waals surface area (Å²) in [5.41, 5.74) is 2.57. The largest absolute Gasteiger partial charge is 0.508 e. The fraction of sp³-hybridized carbons (Fsp3) is 0.160. The van der Waals surface area contributed by atoms with E-state index in [1.165, 1.54) is 17.0 Å². The molecule has 3 N–H and O–H groups in total. The summed E-state index contributed by atoms with van der Waals surface area (Å²) >= 11 is 0. The van der Waals surface area contributed by atoms with Crippen molar-refractivity contribution in [2.45, 2.75) is 19.5 Å². The lowest BCUT2D eigenvalue weighted by Crippen LogP contribution is -2.29. The fourth-order valence-corrected chi connectivity index (χ4v) is 3.95. The molecule has 162 valence electrons. The van der Waals surface area contributed by atoms with Crippen LogP contribution in [-0.2, 0) is 16.1 Å². The van der Waals surface area contributed by atoms with Gasteiger partial charge in [0, 0.05) is 17.2 Å². The molecule has 1 aromatic heterocycles. The van der Waals surface area contributed by atoms with Gasteiger partial charge in [-0.25, -0.2) is 4.98 Å². The van der Waals surface area contributed by atoms with Crippen molar-refractivity contribution in [1.82, 2.24) is 4.90 Å². The minimum absolute atomic E-state index is 0.00821. The Balaban J connectivity index is 1.87. The fourth-order valence-electron chi connectivity index (χ4n) is 3.95. The number of H-pyrrole nitrogens is 1. The first-order valence-electron chi connectivity index (χ1n) is 10.1. The number of amides is 1. The zero-order valence-electron chi connectivity index (χ0n) is 17.7. The predicted molar refractivity (Wildman–Crippen MR) is 117 cm³/mol. The SMILES string of the molecule is COc1ccc(C(O)=C2C(=O)C(=O)N(Cc3ccc[nH+]c3)C2c2ccc(O)cc2)c(C)c1. The molecule has 1 aliphatic rings. The number of aliphatic hydroxyl groups is 1. The van der Waals surface area contributed by atoms with E-state index in [0.29, 0.717) is 22.4 Å². The highest BCUT2D eigenvalue weighted by Gasteiger charge is 2.46. The Bertz CT molecular complexity index is 1200. The number of Topliss-reactive ketones (excluding diaryl/α,β-unsaturated/α-hetero) is 1. The monoisotopic (exact) mass is 431 g/mol. The highest BCUT2D eigenvalue weighted by atomic mass is 16.5. The molecule has 1 amide bonds. The number of nitrogens with one attached hydrogen (secondary N) is 1. The van der Waals surface area contributed by atoms with E-state index < -0.39 is 17.7 Å². The third kappa shape index (κ3) is 3.80. The number of phenolic OH excluding ortho intramolecular Hbond substituents is 1. The Morgan fingerprint density at radius 1 is 1.12 bits per heavy atom. The van der Waals surface area contributed by atoms with Crippen molar-refractivity contribution in [2.75, 3.05) is 7.11 Å². The van der Waals surface area contributed by atoms with Crippen molar-refractivity contribution in [3.63, 3.8) is 0 Å². The molecule has 1 atom stereocenters. The van der Waals surface area contributed by atoms with E-state index >= 15 is 0 Å². The first-order valence-corrected chi connectivity index (χ1v) is 10.1. The maximum atomic E-state index is 13.1. The molecule has 1 saturated heterocycles. The summed E-state index contributed by atoms with van der Waals surface area (Å²) < 4.78 is 5.22. The molecular weight excluding hydrogens is 408 g/mol. The molecule has 1 fully saturated rings. The van der Waals surface area contributed by atoms with Crippen LogP contribution >= 0.6 is 0 Å². The first-order chi connectivity index (χ1) is 15.4.